The molecule has 0 fully saturated rings. The van der Waals surface area contributed by atoms with E-state index in [0.29, 0.717) is 17.3 Å². The topological polar surface area (TPSA) is 128 Å². The van der Waals surface area contributed by atoms with Crippen LogP contribution < -0.4 is 5.30 Å². The van der Waals surface area contributed by atoms with Gasteiger partial charge in [-0.05, 0) is 18.9 Å². The van der Waals surface area contributed by atoms with Crippen LogP contribution in [0.15, 0.2) is 30.5 Å². The Bertz CT molecular complexity index is 846. The molecule has 0 saturated heterocycles. The fraction of sp³-hybridized carbons (Fsp3) is 0.474. The molecule has 0 aliphatic carbocycles. The van der Waals surface area contributed by atoms with Crippen LogP contribution in [0.1, 0.15) is 45.4 Å². The van der Waals surface area contributed by atoms with Crippen LogP contribution in [-0.2, 0) is 14.2 Å². The molecule has 148 valence electrons. The highest BCUT2D eigenvalue weighted by molar-refractivity contribution is 7.67. The van der Waals surface area contributed by atoms with Gasteiger partial charge in [0, 0.05) is 23.5 Å². The lowest BCUT2D eigenvalue weighted by Gasteiger charge is -2.28. The molecule has 8 heteroatoms. The van der Waals surface area contributed by atoms with E-state index in [1.54, 1.807) is 24.3 Å². The number of hydrogen-bond donors (Lipinski definition) is 4. The lowest BCUT2D eigenvalue weighted by molar-refractivity contribution is -0.143. The van der Waals surface area contributed by atoms with Crippen LogP contribution in [0.2, 0.25) is 0 Å². The minimum absolute atomic E-state index is 0.172. The number of unbranched alkanes of at least 4 members (excludes halogenated alkanes) is 2. The number of benzene rings is 1. The smallest absolute Gasteiger partial charge is 0.307 e. The van der Waals surface area contributed by atoms with E-state index in [0.717, 1.165) is 12.8 Å². The first-order valence-electron chi connectivity index (χ1n) is 9.12. The first kappa shape index (κ1) is 21.2. The van der Waals surface area contributed by atoms with Gasteiger partial charge in [0.2, 0.25) is 7.37 Å². The molecule has 0 spiro atoms. The maximum atomic E-state index is 13.5. The second-order valence-electron chi connectivity index (χ2n) is 6.78. The second kappa shape index (κ2) is 9.20. The Morgan fingerprint density at radius 3 is 2.48 bits per heavy atom. The van der Waals surface area contributed by atoms with Gasteiger partial charge in [0.05, 0.1) is 16.9 Å². The van der Waals surface area contributed by atoms with E-state index in [1.807, 2.05) is 6.92 Å². The summed E-state index contributed by atoms with van der Waals surface area (Å²) < 4.78 is 13.5. The molecule has 2 aromatic rings. The Kier molecular flexibility index (Phi) is 7.22. The summed E-state index contributed by atoms with van der Waals surface area (Å²) in [6, 6.07) is 7.06. The first-order chi connectivity index (χ1) is 12.8. The van der Waals surface area contributed by atoms with Crippen LogP contribution in [-0.4, -0.2) is 37.7 Å². The normalized spacial score (nSPS) is 15.9. The summed E-state index contributed by atoms with van der Waals surface area (Å²) in [4.78, 5) is 36.8. The van der Waals surface area contributed by atoms with Crippen LogP contribution in [0.3, 0.4) is 0 Å². The van der Waals surface area contributed by atoms with E-state index in [-0.39, 0.29) is 24.6 Å². The molecule has 2 rings (SSSR count). The lowest BCUT2D eigenvalue weighted by Crippen LogP contribution is -2.32. The maximum absolute atomic E-state index is 13.5. The summed E-state index contributed by atoms with van der Waals surface area (Å²) in [5.74, 6) is -3.54. The molecule has 0 bridgehead atoms. The molecule has 1 aromatic carbocycles. The number of fused-ring (bicyclic) bond motifs is 1. The highest BCUT2D eigenvalue weighted by atomic mass is 31.2. The van der Waals surface area contributed by atoms with Crippen LogP contribution in [0.25, 0.3) is 10.9 Å². The zero-order chi connectivity index (χ0) is 20.0. The Hall–Kier alpha value is -2.11. The number of aromatic amines is 1. The molecule has 1 aromatic heterocycles. The maximum Gasteiger partial charge on any atom is 0.307 e. The highest BCUT2D eigenvalue weighted by Gasteiger charge is 2.42. The minimum Gasteiger partial charge on any atom is -0.481 e. The molecule has 0 aliphatic heterocycles. The van der Waals surface area contributed by atoms with Gasteiger partial charge >= 0.3 is 11.9 Å². The predicted molar refractivity (Wildman–Crippen MR) is 104 cm³/mol. The zero-order valence-electron chi connectivity index (χ0n) is 15.3. The number of H-pyrrole nitrogens is 1. The third kappa shape index (κ3) is 4.99. The molecule has 4 N–H and O–H groups in total. The monoisotopic (exact) mass is 395 g/mol. The second-order valence-corrected chi connectivity index (χ2v) is 9.17. The van der Waals surface area contributed by atoms with Crippen molar-refractivity contribution < 1.29 is 29.3 Å². The summed E-state index contributed by atoms with van der Waals surface area (Å²) in [7, 11) is -4.07. The number of hydrogen-bond acceptors (Lipinski definition) is 3. The van der Waals surface area contributed by atoms with E-state index < -0.39 is 30.9 Å². The van der Waals surface area contributed by atoms with E-state index in [4.69, 9.17) is 5.11 Å². The molecule has 3 unspecified atom stereocenters. The SMILES string of the molecule is CCCCCC(C(CCC(=O)O)C(=O)O)P(=O)(O)c1c[nH]c2ccccc12. The van der Waals surface area contributed by atoms with Gasteiger partial charge in [-0.15, -0.1) is 0 Å². The molecule has 27 heavy (non-hydrogen) atoms. The predicted octanol–water partition coefficient (Wildman–Crippen LogP) is 3.58. The number of aromatic nitrogens is 1. The minimum atomic E-state index is -4.07. The molecule has 1 heterocycles. The molecule has 0 radical (unpaired) electrons. The summed E-state index contributed by atoms with van der Waals surface area (Å²) in [5.41, 5.74) is -0.327. The molecular weight excluding hydrogens is 369 g/mol. The summed E-state index contributed by atoms with van der Waals surface area (Å²) >= 11 is 0. The fourth-order valence-corrected chi connectivity index (χ4v) is 5.93. The van der Waals surface area contributed by atoms with Crippen LogP contribution in [0.5, 0.6) is 0 Å². The van der Waals surface area contributed by atoms with Gasteiger partial charge < -0.3 is 20.1 Å². The van der Waals surface area contributed by atoms with Crippen molar-refractivity contribution in [2.75, 3.05) is 0 Å². The average Bonchev–Trinajstić information content (AvgIpc) is 3.04. The number of aliphatic carboxylic acids is 2. The van der Waals surface area contributed by atoms with Gasteiger partial charge in [0.25, 0.3) is 0 Å². The van der Waals surface area contributed by atoms with Crippen molar-refractivity contribution >= 4 is 35.5 Å². The van der Waals surface area contributed by atoms with E-state index in [2.05, 4.69) is 4.98 Å². The fourth-order valence-electron chi connectivity index (χ4n) is 3.48. The van der Waals surface area contributed by atoms with Crippen LogP contribution in [0.4, 0.5) is 0 Å². The third-order valence-electron chi connectivity index (χ3n) is 4.92. The average molecular weight is 395 g/mol. The van der Waals surface area contributed by atoms with Crippen molar-refractivity contribution in [1.29, 1.82) is 0 Å². The van der Waals surface area contributed by atoms with E-state index >= 15 is 0 Å². The summed E-state index contributed by atoms with van der Waals surface area (Å²) in [6.07, 6.45) is 3.53. The van der Waals surface area contributed by atoms with Crippen molar-refractivity contribution in [3.8, 4) is 0 Å². The molecule has 3 atom stereocenters. The first-order valence-corrected chi connectivity index (χ1v) is 10.9. The molecular formula is C19H26NO6P. The molecule has 0 aliphatic rings. The summed E-state index contributed by atoms with van der Waals surface area (Å²) in [6.45, 7) is 1.99. The van der Waals surface area contributed by atoms with Gasteiger partial charge in [0.15, 0.2) is 0 Å². The van der Waals surface area contributed by atoms with Gasteiger partial charge in [-0.2, -0.15) is 0 Å². The highest BCUT2D eigenvalue weighted by Crippen LogP contribution is 2.52. The van der Waals surface area contributed by atoms with E-state index in [1.165, 1.54) is 6.20 Å². The number of carbonyl (C=O) groups is 2. The van der Waals surface area contributed by atoms with Crippen molar-refractivity contribution in [2.24, 2.45) is 5.92 Å². The van der Waals surface area contributed by atoms with Crippen molar-refractivity contribution in [1.82, 2.24) is 4.98 Å². The summed E-state index contributed by atoms with van der Waals surface area (Å²) in [5, 5.41) is 19.4. The Labute approximate surface area is 157 Å². The molecule has 0 amide bonds. The molecule has 7 nitrogen and oxygen atoms in total. The van der Waals surface area contributed by atoms with Crippen molar-refractivity contribution in [3.63, 3.8) is 0 Å². The van der Waals surface area contributed by atoms with Gasteiger partial charge in [-0.1, -0.05) is 44.4 Å². The quantitative estimate of drug-likeness (QED) is 0.340. The van der Waals surface area contributed by atoms with Crippen LogP contribution >= 0.6 is 7.37 Å². The number of rotatable bonds is 11. The van der Waals surface area contributed by atoms with E-state index in [9.17, 15) is 24.2 Å². The van der Waals surface area contributed by atoms with Gasteiger partial charge in [-0.25, -0.2) is 0 Å². The molecule has 0 saturated carbocycles. The van der Waals surface area contributed by atoms with Crippen molar-refractivity contribution in [2.45, 2.75) is 51.1 Å². The largest absolute Gasteiger partial charge is 0.481 e. The number of nitrogens with one attached hydrogen (secondary N) is 1. The zero-order valence-corrected chi connectivity index (χ0v) is 16.2. The number of para-hydroxylation sites is 1. The number of carboxylic acid groups (broad SMARTS) is 2. The van der Waals surface area contributed by atoms with Crippen LogP contribution in [0, 0.1) is 5.92 Å². The lowest BCUT2D eigenvalue weighted by atomic mass is 9.95. The Morgan fingerprint density at radius 2 is 1.85 bits per heavy atom. The Balaban J connectivity index is 2.44. The Morgan fingerprint density at radius 1 is 1.15 bits per heavy atom. The van der Waals surface area contributed by atoms with Gasteiger partial charge in [0.1, 0.15) is 0 Å². The standard InChI is InChI=1S/C19H26NO6P/c1-2-3-4-9-16(14(19(23)24)10-11-18(21)22)27(25,26)17-12-20-15-8-6-5-7-13(15)17/h5-8,12,14,16,20H,2-4,9-11H2,1H3,(H,21,22)(H,23,24)(H,25,26). The third-order valence-corrected chi connectivity index (χ3v) is 7.49. The van der Waals surface area contributed by atoms with Gasteiger partial charge in [-0.3, -0.25) is 14.2 Å². The van der Waals surface area contributed by atoms with Crippen molar-refractivity contribution in [3.05, 3.63) is 30.5 Å². The number of carboxylic acids is 2.